The van der Waals surface area contributed by atoms with Crippen molar-refractivity contribution in [2.45, 2.75) is 151 Å². The van der Waals surface area contributed by atoms with Crippen molar-refractivity contribution in [2.75, 3.05) is 26.3 Å². The summed E-state index contributed by atoms with van der Waals surface area (Å²) in [6.45, 7) is 11.4. The summed E-state index contributed by atoms with van der Waals surface area (Å²) in [6.07, 6.45) is 8.46. The van der Waals surface area contributed by atoms with Gasteiger partial charge in [0.05, 0.1) is 17.6 Å². The number of para-hydroxylation sites is 1. The number of hydrogen-bond donors (Lipinski definition) is 3. The standard InChI is InChI=1S/C20H23NO4.C18H19N3O.C12H21NO8S/c22-13-4-3-12-9-15-20(24)6-5-14(23)18-19(20,16(12)17(13)25-18)7-8-21(15)10-11-1-2-11;1-12-19-9-10-21(12)11-13-7-8-16-17(18(13)22)14-5-3-4-6-15(14)20(16)2;1-10(2)18-7-5-16-12(6-17-22(13,14)15)9(8(7)19-10)20-11(3,4)21-12/h3-4,11,15,18,22,24H,1-2,5-10H2;3-6,9-10,13H,7-8,11H2,1-2H3;7-9H,5-6H2,1-4H3,(H2,13,14,15)/t15-,18+,19+,20-;;7-,8-,9+,12+/m1.1/s1. The zero-order valence-electron chi connectivity index (χ0n) is 40.0. The number of hydrogen-bond acceptors (Lipinski definition) is 15. The highest BCUT2D eigenvalue weighted by atomic mass is 32.2. The average molecular weight is 974 g/mol. The number of fused-ring (bicyclic) bond motifs is 6. The van der Waals surface area contributed by atoms with Crippen LogP contribution in [0.3, 0.4) is 0 Å². The Morgan fingerprint density at radius 3 is 2.49 bits per heavy atom. The van der Waals surface area contributed by atoms with E-state index < -0.39 is 63.6 Å². The number of nitrogens with zero attached hydrogens (tertiary/aromatic N) is 4. The topological polar surface area (TPSA) is 225 Å². The molecule has 7 heterocycles. The molecular weight excluding hydrogens is 911 g/mol. The van der Waals surface area contributed by atoms with Gasteiger partial charge in [-0.05, 0) is 110 Å². The number of benzene rings is 2. The fourth-order valence-corrected chi connectivity index (χ4v) is 13.4. The molecule has 372 valence electrons. The third-order valence-electron chi connectivity index (χ3n) is 16.2. The number of piperidine rings is 1. The summed E-state index contributed by atoms with van der Waals surface area (Å²) < 4.78 is 66.2. The molecule has 1 unspecified atom stereocenters. The number of carbonyl (C=O) groups is 2. The molecule has 1 spiro atoms. The molecule has 2 saturated carbocycles. The van der Waals surface area contributed by atoms with Gasteiger partial charge in [0.1, 0.15) is 30.7 Å². The monoisotopic (exact) mass is 973 g/mol. The number of nitrogens with two attached hydrogens (primary N) is 1. The van der Waals surface area contributed by atoms with E-state index in [1.54, 1.807) is 40.0 Å². The fourth-order valence-electron chi connectivity index (χ4n) is 13.0. The van der Waals surface area contributed by atoms with Crippen LogP contribution < -0.4 is 9.88 Å². The number of ether oxygens (including phenoxy) is 6. The highest BCUT2D eigenvalue weighted by molar-refractivity contribution is 7.84. The molecule has 4 saturated heterocycles. The van der Waals surface area contributed by atoms with Crippen LogP contribution in [0.5, 0.6) is 11.5 Å². The van der Waals surface area contributed by atoms with E-state index in [2.05, 4.69) is 38.2 Å². The van der Waals surface area contributed by atoms with E-state index in [9.17, 15) is 28.2 Å². The lowest BCUT2D eigenvalue weighted by Crippen LogP contribution is -2.76. The van der Waals surface area contributed by atoms with Gasteiger partial charge in [-0.1, -0.05) is 24.3 Å². The second-order valence-electron chi connectivity index (χ2n) is 21.4. The van der Waals surface area contributed by atoms with Crippen LogP contribution in [0.2, 0.25) is 0 Å². The second kappa shape index (κ2) is 16.4. The molecule has 19 heteroatoms. The van der Waals surface area contributed by atoms with E-state index >= 15 is 0 Å². The number of phenolic OH excluding ortho intramolecular Hbond substituents is 1. The fraction of sp³-hybridized carbons (Fsp3) is 0.620. The average Bonchev–Trinajstić information content (AvgIpc) is 3.49. The van der Waals surface area contributed by atoms with E-state index in [0.717, 1.165) is 84.7 Å². The Labute approximate surface area is 401 Å². The molecule has 9 aliphatic rings. The Bertz CT molecular complexity index is 2840. The number of carbonyl (C=O) groups excluding carboxylic acids is 2. The maximum Gasteiger partial charge on any atom is 0.333 e. The number of aromatic hydroxyl groups is 1. The quantitative estimate of drug-likeness (QED) is 0.235. The highest BCUT2D eigenvalue weighted by Gasteiger charge is 2.73. The molecule has 9 atom stereocenters. The second-order valence-corrected chi connectivity index (χ2v) is 22.6. The number of likely N-dealkylation sites (tertiary alicyclic amines) is 1. The van der Waals surface area contributed by atoms with Crippen molar-refractivity contribution in [3.63, 3.8) is 0 Å². The van der Waals surface area contributed by atoms with Gasteiger partial charge in [0.25, 0.3) is 0 Å². The van der Waals surface area contributed by atoms with Crippen molar-refractivity contribution >= 4 is 32.8 Å². The molecule has 13 rings (SSSR count). The maximum atomic E-state index is 13.0. The van der Waals surface area contributed by atoms with Gasteiger partial charge in [0.2, 0.25) is 5.79 Å². The third kappa shape index (κ3) is 7.77. The van der Waals surface area contributed by atoms with Gasteiger partial charge in [-0.3, -0.25) is 18.7 Å². The molecule has 2 aromatic carbocycles. The number of aliphatic hydroxyl groups is 1. The number of phenols is 1. The van der Waals surface area contributed by atoms with Crippen LogP contribution in [0.25, 0.3) is 10.9 Å². The third-order valence-corrected chi connectivity index (χ3v) is 16.6. The van der Waals surface area contributed by atoms with Gasteiger partial charge < -0.3 is 47.8 Å². The van der Waals surface area contributed by atoms with Gasteiger partial charge in [-0.15, -0.1) is 0 Å². The Hall–Kier alpha value is -4.28. The predicted octanol–water partition coefficient (Wildman–Crippen LogP) is 4.26. The first-order valence-electron chi connectivity index (χ1n) is 24.3. The normalized spacial score (nSPS) is 34.4. The van der Waals surface area contributed by atoms with Crippen LogP contribution in [0.1, 0.15) is 99.2 Å². The van der Waals surface area contributed by atoms with Crippen LogP contribution in [-0.4, -0.2) is 129 Å². The molecule has 5 aliphatic heterocycles. The van der Waals surface area contributed by atoms with Crippen LogP contribution in [0.15, 0.2) is 48.8 Å². The Kier molecular flexibility index (Phi) is 11.2. The van der Waals surface area contributed by atoms with Crippen molar-refractivity contribution in [1.82, 2.24) is 19.0 Å². The molecule has 4 aromatic rings. The van der Waals surface area contributed by atoms with Crippen molar-refractivity contribution in [2.24, 2.45) is 24.0 Å². The summed E-state index contributed by atoms with van der Waals surface area (Å²) in [7, 11) is -2.07. The lowest BCUT2D eigenvalue weighted by molar-refractivity contribution is -0.290. The van der Waals surface area contributed by atoms with E-state index in [4.69, 9.17) is 37.7 Å². The Morgan fingerprint density at radius 1 is 0.971 bits per heavy atom. The van der Waals surface area contributed by atoms with Gasteiger partial charge in [0.15, 0.2) is 40.7 Å². The van der Waals surface area contributed by atoms with Crippen molar-refractivity contribution in [3.05, 3.63) is 77.0 Å². The molecule has 4 N–H and O–H groups in total. The number of Topliss-reactive ketones (excluding diaryl/α,β-unsaturated/α-hetero) is 2. The molecule has 18 nitrogen and oxygen atoms in total. The van der Waals surface area contributed by atoms with Crippen LogP contribution in [0.4, 0.5) is 0 Å². The Balaban J connectivity index is 0.000000114. The van der Waals surface area contributed by atoms with Gasteiger partial charge in [0, 0.05) is 78.6 Å². The summed E-state index contributed by atoms with van der Waals surface area (Å²) in [5.74, 6) is -0.502. The molecule has 6 fully saturated rings. The summed E-state index contributed by atoms with van der Waals surface area (Å²) in [5, 5.41) is 28.3. The van der Waals surface area contributed by atoms with Gasteiger partial charge in [-0.25, -0.2) is 10.1 Å². The van der Waals surface area contributed by atoms with Crippen molar-refractivity contribution < 1.29 is 60.8 Å². The number of aromatic nitrogens is 3. The first kappa shape index (κ1) is 47.1. The molecule has 69 heavy (non-hydrogen) atoms. The first-order valence-corrected chi connectivity index (χ1v) is 25.7. The minimum absolute atomic E-state index is 0.0454. The number of imidazole rings is 1. The molecule has 0 amide bonds. The molecule has 0 radical (unpaired) electrons. The van der Waals surface area contributed by atoms with E-state index in [-0.39, 0.29) is 42.0 Å². The minimum atomic E-state index is -4.14. The number of ketones is 2. The van der Waals surface area contributed by atoms with Crippen molar-refractivity contribution in [1.29, 1.82) is 0 Å². The molecular formula is C50H63N5O13S. The number of aryl methyl sites for hydroxylation is 2. The van der Waals surface area contributed by atoms with Gasteiger partial charge in [-0.2, -0.15) is 8.42 Å². The maximum absolute atomic E-state index is 13.0. The van der Waals surface area contributed by atoms with E-state index in [0.29, 0.717) is 18.6 Å². The predicted molar refractivity (Wildman–Crippen MR) is 247 cm³/mol. The van der Waals surface area contributed by atoms with Crippen molar-refractivity contribution in [3.8, 4) is 11.5 Å². The van der Waals surface area contributed by atoms with E-state index in [1.165, 1.54) is 18.5 Å². The van der Waals surface area contributed by atoms with Gasteiger partial charge >= 0.3 is 10.3 Å². The van der Waals surface area contributed by atoms with E-state index in [1.807, 2.05) is 31.3 Å². The summed E-state index contributed by atoms with van der Waals surface area (Å²) >= 11 is 0. The highest BCUT2D eigenvalue weighted by Crippen LogP contribution is 2.65. The number of rotatable bonds is 7. The SMILES string of the molecule is CC1(C)O[C@@H]2[C@@H](CO[C@@]3(COS(N)(=O)=O)OC(C)(C)O[C@@H]23)O1.Cc1nccn1CC1CCc2c(c3ccccc3n2C)C1=O.O=C1CC[C@@]2(O)[C@H]3Cc4ccc(O)c5c4[C@@]2(CCN3CC2CC2)[C@H]1O5. The molecule has 4 aliphatic carbocycles. The summed E-state index contributed by atoms with van der Waals surface area (Å²) in [6, 6.07) is 11.9. The molecule has 2 bridgehead atoms. The first-order chi connectivity index (χ1) is 32.6. The Morgan fingerprint density at radius 2 is 1.75 bits per heavy atom. The smallest absolute Gasteiger partial charge is 0.333 e. The zero-order chi connectivity index (χ0) is 48.6. The summed E-state index contributed by atoms with van der Waals surface area (Å²) in [4.78, 5) is 32.5. The minimum Gasteiger partial charge on any atom is -0.504 e. The zero-order valence-corrected chi connectivity index (χ0v) is 40.8. The lowest BCUT2D eigenvalue weighted by atomic mass is 9.49. The lowest BCUT2D eigenvalue weighted by Gasteiger charge is -2.62. The van der Waals surface area contributed by atoms with Crippen LogP contribution in [0, 0.1) is 18.8 Å². The molecule has 2 aromatic heterocycles. The van der Waals surface area contributed by atoms with Crippen LogP contribution >= 0.6 is 0 Å². The largest absolute Gasteiger partial charge is 0.504 e. The summed E-state index contributed by atoms with van der Waals surface area (Å²) in [5.41, 5.74) is 3.73. The van der Waals surface area contributed by atoms with Crippen LogP contribution in [-0.2, 0) is 74.8 Å².